The zero-order valence-corrected chi connectivity index (χ0v) is 20.7. The molecular weight excluding hydrogens is 434 g/mol. The number of rotatable bonds is 5. The van der Waals surface area contributed by atoms with Gasteiger partial charge in [-0.1, -0.05) is 24.3 Å². The average molecular weight is 470 g/mol. The largest absolute Gasteiger partial charge is 0.444 e. The number of likely N-dealkylation sites (tertiary alicyclic amines) is 1. The number of aromatic nitrogens is 1. The number of hydrogen-bond acceptors (Lipinski definition) is 5. The summed E-state index contributed by atoms with van der Waals surface area (Å²) in [5.74, 6) is 0.547. The van der Waals surface area contributed by atoms with Crippen LogP contribution in [0.2, 0.25) is 0 Å². The molecule has 2 aliphatic rings. The molecule has 1 aliphatic heterocycles. The third kappa shape index (κ3) is 6.14. The Kier molecular flexibility index (Phi) is 7.37. The number of ether oxygens (including phenoxy) is 1. The molecule has 7 heteroatoms. The number of amides is 2. The van der Waals surface area contributed by atoms with Crippen molar-refractivity contribution in [3.05, 3.63) is 41.4 Å². The Hall–Kier alpha value is -2.41. The summed E-state index contributed by atoms with van der Waals surface area (Å²) in [5.41, 5.74) is 0.532. The van der Waals surface area contributed by atoms with Crippen LogP contribution in [0.5, 0.6) is 0 Å². The maximum absolute atomic E-state index is 13.1. The minimum atomic E-state index is -0.480. The standard InChI is InChI=1S/C26H35N3O3S/c1-26(2,3)32-25(31)29-16-8-9-18(17-29)14-15-27-23(30)19-10-4-5-11-20(19)24-28-21-12-6-7-13-22(21)33-24/h4-7,12-13,18-20H,8-11,14-17H2,1-3H3,(H,27,30). The van der Waals surface area contributed by atoms with Crippen molar-refractivity contribution in [3.63, 3.8) is 0 Å². The van der Waals surface area contributed by atoms with Gasteiger partial charge in [0, 0.05) is 25.6 Å². The molecule has 2 aromatic rings. The van der Waals surface area contributed by atoms with E-state index in [1.54, 1.807) is 11.3 Å². The number of nitrogens with zero attached hydrogens (tertiary/aromatic N) is 2. The third-order valence-electron chi connectivity index (χ3n) is 6.42. The van der Waals surface area contributed by atoms with Crippen LogP contribution < -0.4 is 5.32 Å². The molecule has 1 aromatic heterocycles. The van der Waals surface area contributed by atoms with E-state index in [-0.39, 0.29) is 23.8 Å². The minimum Gasteiger partial charge on any atom is -0.444 e. The number of hydrogen-bond donors (Lipinski definition) is 1. The molecule has 0 radical (unpaired) electrons. The van der Waals surface area contributed by atoms with Gasteiger partial charge in [-0.3, -0.25) is 4.79 Å². The number of benzene rings is 1. The molecule has 33 heavy (non-hydrogen) atoms. The highest BCUT2D eigenvalue weighted by Gasteiger charge is 2.32. The van der Waals surface area contributed by atoms with Crippen LogP contribution in [0, 0.1) is 11.8 Å². The van der Waals surface area contributed by atoms with Gasteiger partial charge in [0.2, 0.25) is 5.91 Å². The Morgan fingerprint density at radius 2 is 2.00 bits per heavy atom. The molecule has 0 spiro atoms. The summed E-state index contributed by atoms with van der Waals surface area (Å²) in [6.07, 6.45) is 8.60. The fourth-order valence-corrected chi connectivity index (χ4v) is 5.90. The van der Waals surface area contributed by atoms with Gasteiger partial charge in [-0.25, -0.2) is 9.78 Å². The van der Waals surface area contributed by atoms with Crippen molar-refractivity contribution in [1.29, 1.82) is 0 Å². The van der Waals surface area contributed by atoms with Crippen molar-refractivity contribution >= 4 is 33.6 Å². The zero-order chi connectivity index (χ0) is 23.4. The number of carbonyl (C=O) groups is 2. The van der Waals surface area contributed by atoms with Gasteiger partial charge in [0.15, 0.2) is 0 Å². The summed E-state index contributed by atoms with van der Waals surface area (Å²) >= 11 is 1.70. The highest BCUT2D eigenvalue weighted by molar-refractivity contribution is 7.18. The van der Waals surface area contributed by atoms with Crippen LogP contribution in [0.15, 0.2) is 36.4 Å². The van der Waals surface area contributed by atoms with Crippen LogP contribution in [0.4, 0.5) is 4.79 Å². The molecule has 2 heterocycles. The van der Waals surface area contributed by atoms with Crippen LogP contribution in [0.1, 0.15) is 63.8 Å². The molecule has 1 aliphatic carbocycles. The third-order valence-corrected chi connectivity index (χ3v) is 7.59. The highest BCUT2D eigenvalue weighted by Crippen LogP contribution is 2.38. The minimum absolute atomic E-state index is 0.0832. The fourth-order valence-electron chi connectivity index (χ4n) is 4.75. The maximum atomic E-state index is 13.1. The molecule has 0 bridgehead atoms. The van der Waals surface area contributed by atoms with Gasteiger partial charge in [-0.2, -0.15) is 0 Å². The molecule has 1 aromatic carbocycles. The lowest BCUT2D eigenvalue weighted by atomic mass is 9.82. The lowest BCUT2D eigenvalue weighted by molar-refractivity contribution is -0.125. The van der Waals surface area contributed by atoms with Crippen LogP contribution in [0.25, 0.3) is 10.2 Å². The van der Waals surface area contributed by atoms with Crippen LogP contribution in [0.3, 0.4) is 0 Å². The summed E-state index contributed by atoms with van der Waals surface area (Å²) in [5, 5.41) is 4.24. The second-order valence-electron chi connectivity index (χ2n) is 10.2. The van der Waals surface area contributed by atoms with Gasteiger partial charge >= 0.3 is 6.09 Å². The van der Waals surface area contributed by atoms with Gasteiger partial charge in [0.1, 0.15) is 5.60 Å². The van der Waals surface area contributed by atoms with Crippen LogP contribution in [-0.2, 0) is 9.53 Å². The van der Waals surface area contributed by atoms with E-state index in [4.69, 9.17) is 9.72 Å². The summed E-state index contributed by atoms with van der Waals surface area (Å²) in [6.45, 7) is 7.76. The number of allylic oxidation sites excluding steroid dienone is 2. The molecule has 3 unspecified atom stereocenters. The quantitative estimate of drug-likeness (QED) is 0.587. The molecule has 3 atom stereocenters. The van der Waals surface area contributed by atoms with Crippen LogP contribution >= 0.6 is 11.3 Å². The van der Waals surface area contributed by atoms with Gasteiger partial charge in [-0.15, -0.1) is 11.3 Å². The van der Waals surface area contributed by atoms with Gasteiger partial charge in [0.05, 0.1) is 21.1 Å². The monoisotopic (exact) mass is 469 g/mol. The normalized spacial score (nSPS) is 23.5. The Labute approximate surface area is 200 Å². The fraction of sp³-hybridized carbons (Fsp3) is 0.577. The molecule has 6 nitrogen and oxygen atoms in total. The van der Waals surface area contributed by atoms with Gasteiger partial charge < -0.3 is 15.0 Å². The van der Waals surface area contributed by atoms with E-state index in [0.717, 1.165) is 49.2 Å². The summed E-state index contributed by atoms with van der Waals surface area (Å²) in [4.78, 5) is 32.2. The van der Waals surface area contributed by atoms with E-state index < -0.39 is 5.60 Å². The van der Waals surface area contributed by atoms with Crippen molar-refractivity contribution < 1.29 is 14.3 Å². The Bertz CT molecular complexity index is 977. The maximum Gasteiger partial charge on any atom is 0.410 e. The predicted octanol–water partition coefficient (Wildman–Crippen LogP) is 5.50. The number of nitrogens with one attached hydrogen (secondary N) is 1. The predicted molar refractivity (Wildman–Crippen MR) is 132 cm³/mol. The first-order valence-corrected chi connectivity index (χ1v) is 12.9. The van der Waals surface area contributed by atoms with E-state index in [0.29, 0.717) is 19.0 Å². The smallest absolute Gasteiger partial charge is 0.410 e. The molecule has 0 saturated carbocycles. The first-order chi connectivity index (χ1) is 15.8. The van der Waals surface area contributed by atoms with Crippen LogP contribution in [-0.4, -0.2) is 47.1 Å². The van der Waals surface area contributed by atoms with Crippen molar-refractivity contribution in [1.82, 2.24) is 15.2 Å². The molecular formula is C26H35N3O3S. The number of para-hydroxylation sites is 1. The van der Waals surface area contributed by atoms with E-state index >= 15 is 0 Å². The lowest BCUT2D eigenvalue weighted by Crippen LogP contribution is -2.43. The first kappa shape index (κ1) is 23.7. The molecule has 1 fully saturated rings. The highest BCUT2D eigenvalue weighted by atomic mass is 32.1. The molecule has 178 valence electrons. The zero-order valence-electron chi connectivity index (χ0n) is 19.9. The molecule has 1 saturated heterocycles. The summed E-state index contributed by atoms with van der Waals surface area (Å²) in [7, 11) is 0. The molecule has 2 amide bonds. The summed E-state index contributed by atoms with van der Waals surface area (Å²) < 4.78 is 6.70. The Morgan fingerprint density at radius 1 is 1.21 bits per heavy atom. The second-order valence-corrected chi connectivity index (χ2v) is 11.3. The first-order valence-electron chi connectivity index (χ1n) is 12.1. The number of carbonyl (C=O) groups excluding carboxylic acids is 2. The SMILES string of the molecule is CC(C)(C)OC(=O)N1CCCC(CCNC(=O)C2CC=CCC2c2nc3ccccc3s2)C1. The van der Waals surface area contributed by atoms with Gasteiger partial charge in [-0.05, 0) is 70.9 Å². The topological polar surface area (TPSA) is 71.5 Å². The van der Waals surface area contributed by atoms with E-state index in [1.165, 1.54) is 4.70 Å². The second kappa shape index (κ2) is 10.2. The number of piperidine rings is 1. The van der Waals surface area contributed by atoms with Crippen molar-refractivity contribution in [2.24, 2.45) is 11.8 Å². The lowest BCUT2D eigenvalue weighted by Gasteiger charge is -2.34. The summed E-state index contributed by atoms with van der Waals surface area (Å²) in [6, 6.07) is 8.17. The number of thiazole rings is 1. The van der Waals surface area contributed by atoms with E-state index in [1.807, 2.05) is 43.9 Å². The van der Waals surface area contributed by atoms with E-state index in [2.05, 4.69) is 23.5 Å². The van der Waals surface area contributed by atoms with Crippen molar-refractivity contribution in [2.45, 2.75) is 64.4 Å². The average Bonchev–Trinajstić information content (AvgIpc) is 3.22. The van der Waals surface area contributed by atoms with Gasteiger partial charge in [0.25, 0.3) is 0 Å². The molecule has 1 N–H and O–H groups in total. The molecule has 4 rings (SSSR count). The number of fused-ring (bicyclic) bond motifs is 1. The van der Waals surface area contributed by atoms with Crippen molar-refractivity contribution in [3.8, 4) is 0 Å². The van der Waals surface area contributed by atoms with Crippen molar-refractivity contribution in [2.75, 3.05) is 19.6 Å². The Balaban J connectivity index is 1.30. The Morgan fingerprint density at radius 3 is 2.79 bits per heavy atom. The van der Waals surface area contributed by atoms with E-state index in [9.17, 15) is 9.59 Å².